The summed E-state index contributed by atoms with van der Waals surface area (Å²) < 4.78 is 11.7. The first-order chi connectivity index (χ1) is 12.1. The van der Waals surface area contributed by atoms with Crippen LogP contribution in [0.1, 0.15) is 35.2 Å². The minimum Gasteiger partial charge on any atom is -0.488 e. The van der Waals surface area contributed by atoms with Crippen molar-refractivity contribution in [2.24, 2.45) is 0 Å². The Bertz CT molecular complexity index is 1010. The van der Waals surface area contributed by atoms with E-state index in [4.69, 9.17) is 9.15 Å². The van der Waals surface area contributed by atoms with Crippen molar-refractivity contribution in [3.63, 3.8) is 0 Å². The molecule has 4 heteroatoms. The van der Waals surface area contributed by atoms with Crippen LogP contribution in [0.2, 0.25) is 0 Å². The summed E-state index contributed by atoms with van der Waals surface area (Å²) in [6.07, 6.45) is 0.663. The van der Waals surface area contributed by atoms with Gasteiger partial charge >= 0.3 is 5.63 Å². The van der Waals surface area contributed by atoms with Crippen molar-refractivity contribution in [1.29, 1.82) is 0 Å². The first kappa shape index (κ1) is 15.8. The molecule has 0 saturated carbocycles. The first-order valence-electron chi connectivity index (χ1n) is 8.64. The van der Waals surface area contributed by atoms with Crippen LogP contribution in [0, 0.1) is 13.8 Å². The van der Waals surface area contributed by atoms with E-state index in [1.807, 2.05) is 45.0 Å². The minimum atomic E-state index is -0.249. The topological polar surface area (TPSA) is 51.5 Å². The molecule has 0 radical (unpaired) electrons. The van der Waals surface area contributed by atoms with Crippen molar-refractivity contribution in [2.45, 2.75) is 33.2 Å². The number of benzene rings is 2. The smallest absolute Gasteiger partial charge is 0.339 e. The molecule has 1 aliphatic rings. The average Bonchev–Trinajstić information content (AvgIpc) is 2.64. The average molecular weight is 335 g/mol. The maximum absolute atomic E-state index is 12.2. The van der Waals surface area contributed by atoms with Gasteiger partial charge in [0.15, 0.2) is 0 Å². The molecule has 128 valence electrons. The van der Waals surface area contributed by atoms with Gasteiger partial charge < -0.3 is 14.5 Å². The summed E-state index contributed by atoms with van der Waals surface area (Å²) in [6.45, 7) is 6.45. The number of rotatable bonds is 2. The Hall–Kier alpha value is -2.75. The fraction of sp³-hybridized carbons (Fsp3) is 0.286. The summed E-state index contributed by atoms with van der Waals surface area (Å²) in [5.74, 6) is 0.770. The van der Waals surface area contributed by atoms with Crippen LogP contribution in [0.3, 0.4) is 0 Å². The van der Waals surface area contributed by atoms with Gasteiger partial charge in [-0.15, -0.1) is 0 Å². The zero-order valence-corrected chi connectivity index (χ0v) is 14.7. The molecule has 2 heterocycles. The van der Waals surface area contributed by atoms with Crippen molar-refractivity contribution in [3.05, 3.63) is 69.1 Å². The van der Waals surface area contributed by atoms with Crippen molar-refractivity contribution in [3.8, 4) is 5.75 Å². The zero-order valence-electron chi connectivity index (χ0n) is 14.7. The van der Waals surface area contributed by atoms with E-state index in [2.05, 4.69) is 17.4 Å². The van der Waals surface area contributed by atoms with Gasteiger partial charge in [-0.2, -0.15) is 0 Å². The van der Waals surface area contributed by atoms with Gasteiger partial charge in [0.1, 0.15) is 17.9 Å². The lowest BCUT2D eigenvalue weighted by molar-refractivity contribution is 0.284. The highest BCUT2D eigenvalue weighted by atomic mass is 16.5. The van der Waals surface area contributed by atoms with E-state index < -0.39 is 0 Å². The maximum Gasteiger partial charge on any atom is 0.339 e. The molecule has 25 heavy (non-hydrogen) atoms. The van der Waals surface area contributed by atoms with Crippen LogP contribution >= 0.6 is 0 Å². The van der Waals surface area contributed by atoms with Crippen molar-refractivity contribution in [2.75, 3.05) is 11.9 Å². The van der Waals surface area contributed by atoms with Crippen LogP contribution in [-0.2, 0) is 6.42 Å². The third-order valence-corrected chi connectivity index (χ3v) is 5.04. The van der Waals surface area contributed by atoms with Crippen molar-refractivity contribution in [1.82, 2.24) is 0 Å². The minimum absolute atomic E-state index is 0.104. The van der Waals surface area contributed by atoms with Crippen LogP contribution in [0.4, 0.5) is 5.69 Å². The lowest BCUT2D eigenvalue weighted by atomic mass is 9.99. The van der Waals surface area contributed by atoms with Crippen molar-refractivity contribution >= 4 is 16.7 Å². The largest absolute Gasteiger partial charge is 0.488 e. The Morgan fingerprint density at radius 3 is 2.64 bits per heavy atom. The number of aryl methyl sites for hydroxylation is 2. The van der Waals surface area contributed by atoms with E-state index in [1.54, 1.807) is 0 Å². The lowest BCUT2D eigenvalue weighted by Crippen LogP contribution is -2.24. The Kier molecular flexibility index (Phi) is 3.75. The molecular weight excluding hydrogens is 314 g/mol. The van der Waals surface area contributed by atoms with E-state index in [9.17, 15) is 4.79 Å². The van der Waals surface area contributed by atoms with Gasteiger partial charge in [0, 0.05) is 16.5 Å². The highest BCUT2D eigenvalue weighted by Gasteiger charge is 2.25. The fourth-order valence-corrected chi connectivity index (χ4v) is 3.63. The summed E-state index contributed by atoms with van der Waals surface area (Å²) in [5, 5.41) is 4.55. The van der Waals surface area contributed by atoms with Crippen LogP contribution < -0.4 is 15.7 Å². The summed E-state index contributed by atoms with van der Waals surface area (Å²) in [5.41, 5.74) is 5.11. The van der Waals surface area contributed by atoms with E-state index in [0.29, 0.717) is 18.6 Å². The van der Waals surface area contributed by atoms with Gasteiger partial charge in [0.25, 0.3) is 0 Å². The van der Waals surface area contributed by atoms with Gasteiger partial charge in [-0.05, 0) is 37.5 Å². The zero-order chi connectivity index (χ0) is 17.6. The molecule has 4 nitrogen and oxygen atoms in total. The molecule has 0 amide bonds. The first-order valence-corrected chi connectivity index (χ1v) is 8.64. The van der Waals surface area contributed by atoms with Crippen LogP contribution in [0.15, 0.2) is 45.6 Å². The fourth-order valence-electron chi connectivity index (χ4n) is 3.63. The number of fused-ring (bicyclic) bond motifs is 2. The quantitative estimate of drug-likeness (QED) is 0.700. The summed E-state index contributed by atoms with van der Waals surface area (Å²) in [4.78, 5) is 12.2. The molecule has 0 spiro atoms. The van der Waals surface area contributed by atoms with Gasteiger partial charge in [-0.25, -0.2) is 4.79 Å². The molecule has 1 N–H and O–H groups in total. The molecule has 0 fully saturated rings. The predicted molar refractivity (Wildman–Crippen MR) is 99.6 cm³/mol. The monoisotopic (exact) mass is 335 g/mol. The van der Waals surface area contributed by atoms with Crippen LogP contribution in [0.25, 0.3) is 11.0 Å². The summed E-state index contributed by atoms with van der Waals surface area (Å²) in [7, 11) is 0. The molecule has 3 aromatic rings. The molecule has 1 atom stereocenters. The third-order valence-electron chi connectivity index (χ3n) is 5.04. The van der Waals surface area contributed by atoms with Gasteiger partial charge in [0.2, 0.25) is 0 Å². The summed E-state index contributed by atoms with van der Waals surface area (Å²) in [6, 6.07) is 12.4. The van der Waals surface area contributed by atoms with Gasteiger partial charge in [-0.1, -0.05) is 37.3 Å². The standard InChI is InChI=1S/C21H21NO3/c1-4-15-12(2)16-10-17-20(13(3)19(16)25-21(15)23)24-11-18(22-17)14-8-6-5-7-9-14/h5-10,18,22H,4,11H2,1-3H3/t18-/m0/s1. The van der Waals surface area contributed by atoms with E-state index >= 15 is 0 Å². The second kappa shape index (κ2) is 5.96. The number of nitrogens with one attached hydrogen (secondary N) is 1. The molecule has 1 aromatic heterocycles. The van der Waals surface area contributed by atoms with E-state index in [0.717, 1.165) is 33.5 Å². The van der Waals surface area contributed by atoms with E-state index in [-0.39, 0.29) is 11.7 Å². The molecule has 0 aliphatic carbocycles. The van der Waals surface area contributed by atoms with E-state index in [1.165, 1.54) is 5.56 Å². The Labute approximate surface area is 146 Å². The molecule has 2 aromatic carbocycles. The molecule has 4 rings (SSSR count). The molecule has 0 bridgehead atoms. The summed E-state index contributed by atoms with van der Waals surface area (Å²) >= 11 is 0. The molecule has 0 saturated heterocycles. The van der Waals surface area contributed by atoms with Crippen LogP contribution in [0.5, 0.6) is 5.75 Å². The number of hydrogen-bond acceptors (Lipinski definition) is 4. The Balaban J connectivity index is 1.87. The molecule has 1 aliphatic heterocycles. The number of ether oxygens (including phenoxy) is 1. The van der Waals surface area contributed by atoms with Crippen molar-refractivity contribution < 1.29 is 9.15 Å². The Morgan fingerprint density at radius 2 is 1.92 bits per heavy atom. The lowest BCUT2D eigenvalue weighted by Gasteiger charge is -2.29. The molecular formula is C21H21NO3. The second-order valence-corrected chi connectivity index (χ2v) is 6.52. The maximum atomic E-state index is 12.2. The normalized spacial score (nSPS) is 16.2. The third kappa shape index (κ3) is 2.49. The SMILES string of the molecule is CCc1c(C)c2cc3c(c(C)c2oc1=O)OC[C@@H](c1ccccc1)N3. The van der Waals surface area contributed by atoms with Gasteiger partial charge in [-0.3, -0.25) is 0 Å². The van der Waals surface area contributed by atoms with Gasteiger partial charge in [0.05, 0.1) is 11.7 Å². The second-order valence-electron chi connectivity index (χ2n) is 6.52. The number of hydrogen-bond donors (Lipinski definition) is 1. The van der Waals surface area contributed by atoms with Crippen LogP contribution in [-0.4, -0.2) is 6.61 Å². The number of anilines is 1. The highest BCUT2D eigenvalue weighted by Crippen LogP contribution is 2.41. The predicted octanol–water partition coefficient (Wildman–Crippen LogP) is 4.52. The highest BCUT2D eigenvalue weighted by molar-refractivity contribution is 5.91. The molecule has 0 unspecified atom stereocenters. The Morgan fingerprint density at radius 1 is 1.16 bits per heavy atom.